The molecule has 27 heavy (non-hydrogen) atoms. The first kappa shape index (κ1) is 18.7. The summed E-state index contributed by atoms with van der Waals surface area (Å²) in [6, 6.07) is 23.0. The van der Waals surface area contributed by atoms with Crippen molar-refractivity contribution in [2.24, 2.45) is 0 Å². The highest BCUT2D eigenvalue weighted by atomic mass is 16.5. The molecule has 0 unspecified atom stereocenters. The summed E-state index contributed by atoms with van der Waals surface area (Å²) in [6.07, 6.45) is 3.46. The largest absolute Gasteiger partial charge is 0.381 e. The molecule has 0 bridgehead atoms. The summed E-state index contributed by atoms with van der Waals surface area (Å²) in [6.45, 7) is 7.45. The maximum absolute atomic E-state index is 5.68. The fraction of sp³-hybridized carbons (Fsp3) is 0.500. The van der Waals surface area contributed by atoms with E-state index in [0.717, 1.165) is 39.1 Å². The second-order valence-electron chi connectivity index (χ2n) is 8.21. The minimum Gasteiger partial charge on any atom is -0.381 e. The van der Waals surface area contributed by atoms with E-state index in [1.165, 1.54) is 24.1 Å². The number of rotatable bonds is 6. The van der Waals surface area contributed by atoms with E-state index in [4.69, 9.17) is 4.74 Å². The van der Waals surface area contributed by atoms with Crippen molar-refractivity contribution in [3.63, 3.8) is 0 Å². The molecule has 2 atom stereocenters. The van der Waals surface area contributed by atoms with E-state index in [0.29, 0.717) is 12.1 Å². The van der Waals surface area contributed by atoms with Gasteiger partial charge in [0.05, 0.1) is 0 Å². The second kappa shape index (κ2) is 8.55. The van der Waals surface area contributed by atoms with E-state index in [1.54, 1.807) is 0 Å². The number of ether oxygens (including phenoxy) is 1. The van der Waals surface area contributed by atoms with Crippen LogP contribution in [0.25, 0.3) is 0 Å². The fourth-order valence-corrected chi connectivity index (χ4v) is 4.71. The molecule has 4 rings (SSSR count). The van der Waals surface area contributed by atoms with Gasteiger partial charge in [-0.05, 0) is 37.3 Å². The topological polar surface area (TPSA) is 24.5 Å². The van der Waals surface area contributed by atoms with Gasteiger partial charge in [0, 0.05) is 50.3 Å². The van der Waals surface area contributed by atoms with Crippen LogP contribution < -0.4 is 5.32 Å². The quantitative estimate of drug-likeness (QED) is 0.833. The van der Waals surface area contributed by atoms with Crippen LogP contribution in [-0.4, -0.2) is 43.8 Å². The molecule has 2 heterocycles. The minimum absolute atomic E-state index is 0.220. The fourth-order valence-electron chi connectivity index (χ4n) is 4.71. The lowest BCUT2D eigenvalue weighted by Crippen LogP contribution is -2.46. The van der Waals surface area contributed by atoms with Crippen LogP contribution in [0.4, 0.5) is 0 Å². The third kappa shape index (κ3) is 4.26. The lowest BCUT2D eigenvalue weighted by atomic mass is 9.74. The van der Waals surface area contributed by atoms with E-state index < -0.39 is 0 Å². The van der Waals surface area contributed by atoms with Crippen LogP contribution in [0.1, 0.15) is 43.4 Å². The highest BCUT2D eigenvalue weighted by Gasteiger charge is 2.36. The third-order valence-electron chi connectivity index (χ3n) is 6.61. The standard InChI is InChI=1S/C24H32N2O/c1-20(21-8-4-2-5-9-21)26-15-12-23(18-26)25-19-24(13-16-27-17-14-24)22-10-6-3-7-11-22/h2-11,20,23,25H,12-19H2,1H3/t20-,23-/m1/s1. The van der Waals surface area contributed by atoms with Crippen molar-refractivity contribution in [2.75, 3.05) is 32.8 Å². The van der Waals surface area contributed by atoms with Crippen molar-refractivity contribution in [3.8, 4) is 0 Å². The maximum Gasteiger partial charge on any atom is 0.0475 e. The molecule has 2 aromatic carbocycles. The molecule has 1 N–H and O–H groups in total. The van der Waals surface area contributed by atoms with Gasteiger partial charge in [-0.3, -0.25) is 4.90 Å². The van der Waals surface area contributed by atoms with Crippen LogP contribution in [-0.2, 0) is 10.2 Å². The van der Waals surface area contributed by atoms with Crippen molar-refractivity contribution in [1.29, 1.82) is 0 Å². The van der Waals surface area contributed by atoms with Gasteiger partial charge in [-0.15, -0.1) is 0 Å². The molecular weight excluding hydrogens is 332 g/mol. The number of hydrogen-bond donors (Lipinski definition) is 1. The second-order valence-corrected chi connectivity index (χ2v) is 8.21. The lowest BCUT2D eigenvalue weighted by molar-refractivity contribution is 0.0489. The minimum atomic E-state index is 0.220. The van der Waals surface area contributed by atoms with Gasteiger partial charge in [0.25, 0.3) is 0 Å². The Balaban J connectivity index is 1.38. The predicted octanol–water partition coefficient (Wildman–Crippen LogP) is 4.16. The highest BCUT2D eigenvalue weighted by Crippen LogP contribution is 2.34. The maximum atomic E-state index is 5.68. The zero-order valence-electron chi connectivity index (χ0n) is 16.4. The van der Waals surface area contributed by atoms with E-state index in [9.17, 15) is 0 Å². The molecule has 3 heteroatoms. The Kier molecular flexibility index (Phi) is 5.92. The van der Waals surface area contributed by atoms with Crippen LogP contribution in [0.2, 0.25) is 0 Å². The van der Waals surface area contributed by atoms with Crippen molar-refractivity contribution < 1.29 is 4.74 Å². The molecule has 2 aliphatic heterocycles. The first-order valence-electron chi connectivity index (χ1n) is 10.4. The zero-order chi connectivity index (χ0) is 18.5. The van der Waals surface area contributed by atoms with Gasteiger partial charge in [0.1, 0.15) is 0 Å². The molecule has 0 spiro atoms. The molecule has 0 radical (unpaired) electrons. The zero-order valence-corrected chi connectivity index (χ0v) is 16.4. The smallest absolute Gasteiger partial charge is 0.0475 e. The Morgan fingerprint density at radius 2 is 1.70 bits per heavy atom. The van der Waals surface area contributed by atoms with Crippen LogP contribution in [0, 0.1) is 0 Å². The van der Waals surface area contributed by atoms with E-state index in [2.05, 4.69) is 77.8 Å². The molecule has 2 aliphatic rings. The number of benzene rings is 2. The molecule has 0 aromatic heterocycles. The summed E-state index contributed by atoms with van der Waals surface area (Å²) in [5.41, 5.74) is 3.11. The molecule has 2 saturated heterocycles. The molecule has 0 saturated carbocycles. The monoisotopic (exact) mass is 364 g/mol. The summed E-state index contributed by atoms with van der Waals surface area (Å²) in [5.74, 6) is 0. The Morgan fingerprint density at radius 3 is 2.41 bits per heavy atom. The van der Waals surface area contributed by atoms with Gasteiger partial charge in [-0.1, -0.05) is 60.7 Å². The Morgan fingerprint density at radius 1 is 1.04 bits per heavy atom. The number of nitrogens with one attached hydrogen (secondary N) is 1. The first-order valence-corrected chi connectivity index (χ1v) is 10.4. The summed E-state index contributed by atoms with van der Waals surface area (Å²) in [7, 11) is 0. The SMILES string of the molecule is C[C@H](c1ccccc1)N1CC[C@@H](NCC2(c3ccccc3)CCOCC2)C1. The average molecular weight is 365 g/mol. The van der Waals surface area contributed by atoms with E-state index in [1.807, 2.05) is 0 Å². The third-order valence-corrected chi connectivity index (χ3v) is 6.61. The highest BCUT2D eigenvalue weighted by molar-refractivity contribution is 5.27. The van der Waals surface area contributed by atoms with Crippen molar-refractivity contribution in [1.82, 2.24) is 10.2 Å². The van der Waals surface area contributed by atoms with E-state index >= 15 is 0 Å². The van der Waals surface area contributed by atoms with Crippen LogP contribution >= 0.6 is 0 Å². The molecule has 3 nitrogen and oxygen atoms in total. The van der Waals surface area contributed by atoms with Crippen molar-refractivity contribution >= 4 is 0 Å². The molecule has 2 fully saturated rings. The summed E-state index contributed by atoms with van der Waals surface area (Å²) >= 11 is 0. The molecule has 0 aliphatic carbocycles. The Labute approximate surface area is 163 Å². The molecular formula is C24H32N2O. The molecule has 2 aromatic rings. The lowest BCUT2D eigenvalue weighted by Gasteiger charge is -2.39. The first-order chi connectivity index (χ1) is 13.3. The normalized spacial score (nSPS) is 24.0. The summed E-state index contributed by atoms with van der Waals surface area (Å²) < 4.78 is 5.68. The van der Waals surface area contributed by atoms with Gasteiger partial charge >= 0.3 is 0 Å². The van der Waals surface area contributed by atoms with Gasteiger partial charge < -0.3 is 10.1 Å². The Hall–Kier alpha value is -1.68. The van der Waals surface area contributed by atoms with Crippen molar-refractivity contribution in [3.05, 3.63) is 71.8 Å². The van der Waals surface area contributed by atoms with Crippen molar-refractivity contribution in [2.45, 2.75) is 43.7 Å². The van der Waals surface area contributed by atoms with Gasteiger partial charge in [0.15, 0.2) is 0 Å². The summed E-state index contributed by atoms with van der Waals surface area (Å²) in [4.78, 5) is 2.62. The van der Waals surface area contributed by atoms with Gasteiger partial charge in [-0.2, -0.15) is 0 Å². The van der Waals surface area contributed by atoms with Gasteiger partial charge in [-0.25, -0.2) is 0 Å². The number of nitrogens with zero attached hydrogens (tertiary/aromatic N) is 1. The average Bonchev–Trinajstić information content (AvgIpc) is 3.23. The van der Waals surface area contributed by atoms with Crippen LogP contribution in [0.5, 0.6) is 0 Å². The molecule has 0 amide bonds. The van der Waals surface area contributed by atoms with Gasteiger partial charge in [0.2, 0.25) is 0 Å². The van der Waals surface area contributed by atoms with E-state index in [-0.39, 0.29) is 5.41 Å². The summed E-state index contributed by atoms with van der Waals surface area (Å²) in [5, 5.41) is 3.93. The number of hydrogen-bond acceptors (Lipinski definition) is 3. The predicted molar refractivity (Wildman–Crippen MR) is 111 cm³/mol. The number of likely N-dealkylation sites (tertiary alicyclic amines) is 1. The molecule has 144 valence electrons. The van der Waals surface area contributed by atoms with Crippen LogP contribution in [0.3, 0.4) is 0 Å². The Bertz CT molecular complexity index is 697. The van der Waals surface area contributed by atoms with Crippen LogP contribution in [0.15, 0.2) is 60.7 Å².